The van der Waals surface area contributed by atoms with Crippen LogP contribution in [0.15, 0.2) is 57.9 Å². The molecule has 0 spiro atoms. The smallest absolute Gasteiger partial charge is 0.242 e. The minimum Gasteiger partial charge on any atom is -0.497 e. The second kappa shape index (κ2) is 7.89. The second-order valence-corrected chi connectivity index (χ2v) is 8.06. The molecule has 27 heavy (non-hydrogen) atoms. The largest absolute Gasteiger partial charge is 0.497 e. The van der Waals surface area contributed by atoms with Gasteiger partial charge in [-0.05, 0) is 35.7 Å². The van der Waals surface area contributed by atoms with E-state index in [0.29, 0.717) is 17.5 Å². The Hall–Kier alpha value is -2.71. The number of methoxy groups -OCH3 is 1. The van der Waals surface area contributed by atoms with E-state index in [2.05, 4.69) is 28.7 Å². The number of aromatic nitrogens is 2. The topological polar surface area (TPSA) is 94.3 Å². The van der Waals surface area contributed by atoms with E-state index in [-0.39, 0.29) is 17.3 Å². The fourth-order valence-corrected chi connectivity index (χ4v) is 3.45. The summed E-state index contributed by atoms with van der Waals surface area (Å²) < 4.78 is 37.7. The lowest BCUT2D eigenvalue weighted by Crippen LogP contribution is -2.23. The van der Waals surface area contributed by atoms with Gasteiger partial charge in [0.25, 0.3) is 0 Å². The highest BCUT2D eigenvalue weighted by atomic mass is 32.2. The average molecular weight is 387 g/mol. The molecule has 0 aliphatic carbocycles. The maximum Gasteiger partial charge on any atom is 0.242 e. The van der Waals surface area contributed by atoms with Gasteiger partial charge in [0.1, 0.15) is 5.75 Å². The molecule has 8 heteroatoms. The maximum atomic E-state index is 12.4. The summed E-state index contributed by atoms with van der Waals surface area (Å²) in [4.78, 5) is 4.42. The second-order valence-electron chi connectivity index (χ2n) is 6.29. The van der Waals surface area contributed by atoms with E-state index in [1.165, 1.54) is 0 Å². The van der Waals surface area contributed by atoms with Gasteiger partial charge in [0.05, 0.1) is 18.6 Å². The normalized spacial score (nSPS) is 11.7. The molecule has 1 N–H and O–H groups in total. The van der Waals surface area contributed by atoms with Crippen LogP contribution in [0.5, 0.6) is 5.75 Å². The van der Waals surface area contributed by atoms with Gasteiger partial charge < -0.3 is 9.26 Å². The predicted octanol–water partition coefficient (Wildman–Crippen LogP) is 3.35. The Morgan fingerprint density at radius 3 is 2.56 bits per heavy atom. The molecule has 0 fully saturated rings. The highest BCUT2D eigenvalue weighted by Gasteiger charge is 2.17. The zero-order chi connectivity index (χ0) is 19.4. The van der Waals surface area contributed by atoms with E-state index in [1.54, 1.807) is 25.3 Å². The first kappa shape index (κ1) is 19.1. The molecule has 142 valence electrons. The molecule has 0 aliphatic rings. The van der Waals surface area contributed by atoms with Crippen LogP contribution in [0, 0.1) is 0 Å². The third-order valence-electron chi connectivity index (χ3n) is 4.07. The van der Waals surface area contributed by atoms with Gasteiger partial charge >= 0.3 is 0 Å². The number of benzene rings is 2. The van der Waals surface area contributed by atoms with Gasteiger partial charge in [0.15, 0.2) is 0 Å². The Labute approximate surface area is 158 Å². The maximum absolute atomic E-state index is 12.4. The first-order valence-corrected chi connectivity index (χ1v) is 9.94. The zero-order valence-electron chi connectivity index (χ0n) is 15.3. The summed E-state index contributed by atoms with van der Waals surface area (Å²) in [5, 5.41) is 3.89. The Morgan fingerprint density at radius 1 is 1.15 bits per heavy atom. The lowest BCUT2D eigenvalue weighted by molar-refractivity contribution is 0.376. The van der Waals surface area contributed by atoms with Crippen LogP contribution in [-0.4, -0.2) is 25.7 Å². The summed E-state index contributed by atoms with van der Waals surface area (Å²) in [6.07, 6.45) is 0. The first-order valence-electron chi connectivity index (χ1n) is 8.45. The van der Waals surface area contributed by atoms with Crippen molar-refractivity contribution in [3.63, 3.8) is 0 Å². The van der Waals surface area contributed by atoms with E-state index in [0.717, 1.165) is 11.1 Å². The van der Waals surface area contributed by atoms with Crippen molar-refractivity contribution in [2.75, 3.05) is 7.11 Å². The van der Waals surface area contributed by atoms with Crippen LogP contribution in [0.4, 0.5) is 0 Å². The minimum atomic E-state index is -3.66. The Morgan fingerprint density at radius 2 is 1.89 bits per heavy atom. The molecule has 0 unspecified atom stereocenters. The van der Waals surface area contributed by atoms with Crippen molar-refractivity contribution in [2.45, 2.75) is 31.2 Å². The molecular formula is C19H21N3O4S. The van der Waals surface area contributed by atoms with Crippen LogP contribution in [0.2, 0.25) is 0 Å². The lowest BCUT2D eigenvalue weighted by atomic mass is 10.0. The van der Waals surface area contributed by atoms with E-state index in [1.807, 2.05) is 30.3 Å². The highest BCUT2D eigenvalue weighted by molar-refractivity contribution is 7.89. The molecule has 0 bridgehead atoms. The van der Waals surface area contributed by atoms with Gasteiger partial charge in [-0.15, -0.1) is 0 Å². The molecule has 0 amide bonds. The molecule has 0 radical (unpaired) electrons. The van der Waals surface area contributed by atoms with Crippen molar-refractivity contribution in [3.8, 4) is 17.1 Å². The number of nitrogens with zero attached hydrogens (tertiary/aromatic N) is 2. The highest BCUT2D eigenvalue weighted by Crippen LogP contribution is 2.21. The monoisotopic (exact) mass is 387 g/mol. The number of hydrogen-bond donors (Lipinski definition) is 1. The molecule has 2 aromatic carbocycles. The number of rotatable bonds is 7. The Balaban J connectivity index is 1.70. The molecule has 1 heterocycles. The molecule has 0 saturated heterocycles. The fraction of sp³-hybridized carbons (Fsp3) is 0.263. The van der Waals surface area contributed by atoms with E-state index >= 15 is 0 Å². The number of sulfonamides is 1. The Kier molecular flexibility index (Phi) is 5.57. The Bertz CT molecular complexity index is 1010. The van der Waals surface area contributed by atoms with Crippen LogP contribution >= 0.6 is 0 Å². The minimum absolute atomic E-state index is 0.0920. The van der Waals surface area contributed by atoms with Gasteiger partial charge in [0, 0.05) is 5.56 Å². The van der Waals surface area contributed by atoms with Gasteiger partial charge in [-0.1, -0.05) is 43.3 Å². The van der Waals surface area contributed by atoms with Crippen LogP contribution in [0.1, 0.15) is 31.2 Å². The van der Waals surface area contributed by atoms with Gasteiger partial charge in [-0.25, -0.2) is 13.1 Å². The van der Waals surface area contributed by atoms with Crippen LogP contribution < -0.4 is 9.46 Å². The van der Waals surface area contributed by atoms with Crippen LogP contribution in [-0.2, 0) is 16.6 Å². The van der Waals surface area contributed by atoms with Gasteiger partial charge in [-0.3, -0.25) is 0 Å². The molecule has 7 nitrogen and oxygen atoms in total. The molecular weight excluding hydrogens is 366 g/mol. The fourth-order valence-electron chi connectivity index (χ4n) is 2.48. The molecule has 3 rings (SSSR count). The number of hydrogen-bond acceptors (Lipinski definition) is 6. The number of ether oxygens (including phenoxy) is 1. The third kappa shape index (κ3) is 4.53. The molecule has 0 aliphatic heterocycles. The van der Waals surface area contributed by atoms with Gasteiger partial charge in [-0.2, -0.15) is 4.98 Å². The van der Waals surface area contributed by atoms with Crippen molar-refractivity contribution in [3.05, 3.63) is 60.0 Å². The van der Waals surface area contributed by atoms with Crippen molar-refractivity contribution in [1.82, 2.24) is 14.9 Å². The predicted molar refractivity (Wildman–Crippen MR) is 101 cm³/mol. The van der Waals surface area contributed by atoms with Crippen molar-refractivity contribution < 1.29 is 17.7 Å². The SMILES string of the molecule is COc1cccc(-c2noc(CNS(=O)(=O)c3ccc(C(C)C)cc3)n2)c1. The molecule has 3 aromatic rings. The molecule has 0 atom stereocenters. The first-order chi connectivity index (χ1) is 12.9. The zero-order valence-corrected chi connectivity index (χ0v) is 16.2. The summed E-state index contributed by atoms with van der Waals surface area (Å²) in [6.45, 7) is 4.01. The number of nitrogens with one attached hydrogen (secondary N) is 1. The summed E-state index contributed by atoms with van der Waals surface area (Å²) in [5.74, 6) is 1.55. The average Bonchev–Trinajstić information content (AvgIpc) is 3.16. The quantitative estimate of drug-likeness (QED) is 0.668. The summed E-state index contributed by atoms with van der Waals surface area (Å²) in [6, 6.07) is 14.0. The molecule has 1 aromatic heterocycles. The van der Waals surface area contributed by atoms with Gasteiger partial charge in [0.2, 0.25) is 21.7 Å². The standard InChI is InChI=1S/C19H21N3O4S/c1-13(2)14-7-9-17(10-8-14)27(23,24)20-12-18-21-19(22-26-18)15-5-4-6-16(11-15)25-3/h4-11,13,20H,12H2,1-3H3. The summed E-state index contributed by atoms with van der Waals surface area (Å²) >= 11 is 0. The lowest BCUT2D eigenvalue weighted by Gasteiger charge is -2.08. The summed E-state index contributed by atoms with van der Waals surface area (Å²) in [5.41, 5.74) is 1.80. The summed E-state index contributed by atoms with van der Waals surface area (Å²) in [7, 11) is -2.09. The third-order valence-corrected chi connectivity index (χ3v) is 5.48. The van der Waals surface area contributed by atoms with E-state index in [4.69, 9.17) is 9.26 Å². The van der Waals surface area contributed by atoms with Crippen molar-refractivity contribution in [1.29, 1.82) is 0 Å². The van der Waals surface area contributed by atoms with Crippen LogP contribution in [0.25, 0.3) is 11.4 Å². The van der Waals surface area contributed by atoms with Crippen molar-refractivity contribution >= 4 is 10.0 Å². The van der Waals surface area contributed by atoms with E-state index in [9.17, 15) is 8.42 Å². The van der Waals surface area contributed by atoms with Crippen LogP contribution in [0.3, 0.4) is 0 Å². The van der Waals surface area contributed by atoms with Crippen molar-refractivity contribution in [2.24, 2.45) is 0 Å². The molecule has 0 saturated carbocycles. The van der Waals surface area contributed by atoms with E-state index < -0.39 is 10.0 Å².